The summed E-state index contributed by atoms with van der Waals surface area (Å²) in [4.78, 5) is 0. The normalized spacial score (nSPS) is 26.7. The van der Waals surface area contributed by atoms with E-state index in [1.165, 1.54) is 24.0 Å². The second kappa shape index (κ2) is 8.94. The largest absolute Gasteiger partial charge is 0.494 e. The lowest BCUT2D eigenvalue weighted by Crippen LogP contribution is -2.41. The molecule has 4 heteroatoms. The average molecular weight is 372 g/mol. The summed E-state index contributed by atoms with van der Waals surface area (Å²) in [6.07, 6.45) is 8.69. The van der Waals surface area contributed by atoms with Gasteiger partial charge in [0.25, 0.3) is 0 Å². The molecular weight excluding hydrogens is 335 g/mol. The summed E-state index contributed by atoms with van der Waals surface area (Å²) in [6.45, 7) is 14.7. The fourth-order valence-corrected chi connectivity index (χ4v) is 3.39. The van der Waals surface area contributed by atoms with Crippen LogP contribution in [0.3, 0.4) is 0 Å². The van der Waals surface area contributed by atoms with Crippen molar-refractivity contribution in [2.75, 3.05) is 0 Å². The number of rotatable bonds is 2. The molecule has 1 heterocycles. The molecule has 0 radical (unpaired) electrons. The molecular formula is C23H37BO3. The first-order valence-corrected chi connectivity index (χ1v) is 10.3. The minimum Gasteiger partial charge on any atom is -0.399 e. The molecule has 0 unspecified atom stereocenters. The van der Waals surface area contributed by atoms with E-state index in [1.807, 2.05) is 6.92 Å². The second-order valence-electron chi connectivity index (χ2n) is 9.12. The van der Waals surface area contributed by atoms with E-state index in [-0.39, 0.29) is 24.4 Å². The van der Waals surface area contributed by atoms with E-state index in [0.717, 1.165) is 24.2 Å². The summed E-state index contributed by atoms with van der Waals surface area (Å²) in [6, 6.07) is 6.36. The fraction of sp³-hybridized carbons (Fsp3) is 0.652. The number of aryl methyl sites for hydroxylation is 1. The van der Waals surface area contributed by atoms with Crippen LogP contribution >= 0.6 is 0 Å². The van der Waals surface area contributed by atoms with Gasteiger partial charge in [-0.1, -0.05) is 37.3 Å². The van der Waals surface area contributed by atoms with Crippen LogP contribution in [0.1, 0.15) is 78.4 Å². The predicted molar refractivity (Wildman–Crippen MR) is 115 cm³/mol. The Morgan fingerprint density at radius 2 is 1.59 bits per heavy atom. The maximum absolute atomic E-state index is 9.03. The van der Waals surface area contributed by atoms with Crippen molar-refractivity contribution in [3.8, 4) is 0 Å². The van der Waals surface area contributed by atoms with Gasteiger partial charge in [-0.15, -0.1) is 0 Å². The Morgan fingerprint density at radius 3 is 2.07 bits per heavy atom. The van der Waals surface area contributed by atoms with Crippen LogP contribution in [0.15, 0.2) is 24.3 Å². The standard InChI is InChI=1S/C16H23BO2.C7H14O/c1-7-8-13-11-14(10-9-12(13)2)17-18-15(3,4)16(5,6)19-17;1-6-2-4-7(8)5-3-6/h7-11H,1-6H3;6-8H,2-5H2,1H3/b8-7-;. The van der Waals surface area contributed by atoms with Crippen LogP contribution in [-0.4, -0.2) is 29.5 Å². The lowest BCUT2D eigenvalue weighted by atomic mass is 9.78. The van der Waals surface area contributed by atoms with Gasteiger partial charge in [-0.25, -0.2) is 0 Å². The number of hydrogen-bond acceptors (Lipinski definition) is 3. The maximum Gasteiger partial charge on any atom is 0.494 e. The van der Waals surface area contributed by atoms with Gasteiger partial charge in [-0.3, -0.25) is 0 Å². The summed E-state index contributed by atoms with van der Waals surface area (Å²) < 4.78 is 12.2. The molecule has 1 aliphatic heterocycles. The Hall–Kier alpha value is -1.10. The lowest BCUT2D eigenvalue weighted by Gasteiger charge is -2.32. The molecule has 3 rings (SSSR count). The van der Waals surface area contributed by atoms with E-state index in [2.05, 4.69) is 71.9 Å². The second-order valence-corrected chi connectivity index (χ2v) is 9.12. The summed E-state index contributed by atoms with van der Waals surface area (Å²) in [5, 5.41) is 9.03. The molecule has 2 fully saturated rings. The molecule has 1 aromatic rings. The zero-order valence-electron chi connectivity index (χ0n) is 18.2. The van der Waals surface area contributed by atoms with Gasteiger partial charge in [-0.2, -0.15) is 0 Å². The number of benzene rings is 1. The number of aliphatic hydroxyl groups excluding tert-OH is 1. The van der Waals surface area contributed by atoms with Crippen LogP contribution in [0.4, 0.5) is 0 Å². The fourth-order valence-electron chi connectivity index (χ4n) is 3.39. The first-order valence-electron chi connectivity index (χ1n) is 10.3. The van der Waals surface area contributed by atoms with Crippen LogP contribution in [0.5, 0.6) is 0 Å². The van der Waals surface area contributed by atoms with Crippen LogP contribution in [0.2, 0.25) is 0 Å². The highest BCUT2D eigenvalue weighted by Crippen LogP contribution is 2.36. The summed E-state index contributed by atoms with van der Waals surface area (Å²) in [5.74, 6) is 0.860. The monoisotopic (exact) mass is 372 g/mol. The maximum atomic E-state index is 9.03. The van der Waals surface area contributed by atoms with Gasteiger partial charge in [0.2, 0.25) is 0 Å². The molecule has 1 saturated heterocycles. The van der Waals surface area contributed by atoms with E-state index < -0.39 is 0 Å². The Bertz CT molecular complexity index is 617. The number of allylic oxidation sites excluding steroid dienone is 1. The van der Waals surface area contributed by atoms with Gasteiger partial charge in [0.05, 0.1) is 17.3 Å². The van der Waals surface area contributed by atoms with Gasteiger partial charge in [-0.05, 0) is 89.7 Å². The van der Waals surface area contributed by atoms with Crippen molar-refractivity contribution >= 4 is 18.7 Å². The molecule has 0 bridgehead atoms. The Morgan fingerprint density at radius 1 is 1.04 bits per heavy atom. The third-order valence-corrected chi connectivity index (χ3v) is 6.16. The van der Waals surface area contributed by atoms with Gasteiger partial charge in [0.1, 0.15) is 0 Å². The molecule has 1 saturated carbocycles. The highest BCUT2D eigenvalue weighted by Gasteiger charge is 2.51. The van der Waals surface area contributed by atoms with E-state index >= 15 is 0 Å². The molecule has 150 valence electrons. The summed E-state index contributed by atoms with van der Waals surface area (Å²) >= 11 is 0. The van der Waals surface area contributed by atoms with Gasteiger partial charge in [0, 0.05) is 0 Å². The van der Waals surface area contributed by atoms with Crippen molar-refractivity contribution in [3.63, 3.8) is 0 Å². The topological polar surface area (TPSA) is 38.7 Å². The predicted octanol–water partition coefficient (Wildman–Crippen LogP) is 4.88. The summed E-state index contributed by atoms with van der Waals surface area (Å²) in [5.41, 5.74) is 2.98. The molecule has 1 aromatic carbocycles. The molecule has 1 aliphatic carbocycles. The number of aliphatic hydroxyl groups is 1. The van der Waals surface area contributed by atoms with E-state index in [0.29, 0.717) is 0 Å². The van der Waals surface area contributed by atoms with Crippen LogP contribution in [-0.2, 0) is 9.31 Å². The molecule has 3 nitrogen and oxygen atoms in total. The highest BCUT2D eigenvalue weighted by atomic mass is 16.7. The SMILES string of the molecule is C/C=C\c1cc(B2OC(C)(C)C(C)(C)O2)ccc1C.CC1CCC(O)CC1. The molecule has 0 amide bonds. The first kappa shape index (κ1) is 22.2. The van der Waals surface area contributed by atoms with E-state index in [4.69, 9.17) is 14.4 Å². The third kappa shape index (κ3) is 5.69. The van der Waals surface area contributed by atoms with E-state index in [9.17, 15) is 0 Å². The van der Waals surface area contributed by atoms with Crippen molar-refractivity contribution in [1.82, 2.24) is 0 Å². The number of hydrogen-bond donors (Lipinski definition) is 1. The lowest BCUT2D eigenvalue weighted by molar-refractivity contribution is 0.00578. The van der Waals surface area contributed by atoms with Crippen LogP contribution in [0.25, 0.3) is 6.08 Å². The van der Waals surface area contributed by atoms with Crippen LogP contribution < -0.4 is 5.46 Å². The quantitative estimate of drug-likeness (QED) is 0.752. The van der Waals surface area contributed by atoms with Gasteiger partial charge in [0.15, 0.2) is 0 Å². The smallest absolute Gasteiger partial charge is 0.399 e. The molecule has 2 aliphatic rings. The Balaban J connectivity index is 0.000000273. The molecule has 27 heavy (non-hydrogen) atoms. The van der Waals surface area contributed by atoms with Gasteiger partial charge >= 0.3 is 7.12 Å². The first-order chi connectivity index (χ1) is 12.6. The van der Waals surface area contributed by atoms with Crippen molar-refractivity contribution in [3.05, 3.63) is 35.4 Å². The van der Waals surface area contributed by atoms with Crippen molar-refractivity contribution in [1.29, 1.82) is 0 Å². The Kier molecular flexibility index (Phi) is 7.35. The average Bonchev–Trinajstić information content (AvgIpc) is 2.81. The molecule has 0 atom stereocenters. The minimum atomic E-state index is -0.288. The van der Waals surface area contributed by atoms with Crippen molar-refractivity contribution < 1.29 is 14.4 Å². The molecule has 0 spiro atoms. The molecule has 1 N–H and O–H groups in total. The van der Waals surface area contributed by atoms with E-state index in [1.54, 1.807) is 0 Å². The zero-order chi connectivity index (χ0) is 20.2. The van der Waals surface area contributed by atoms with Crippen molar-refractivity contribution in [2.45, 2.75) is 91.5 Å². The van der Waals surface area contributed by atoms with Crippen LogP contribution in [0, 0.1) is 12.8 Å². The third-order valence-electron chi connectivity index (χ3n) is 6.16. The summed E-state index contributed by atoms with van der Waals surface area (Å²) in [7, 11) is -0.283. The van der Waals surface area contributed by atoms with Crippen molar-refractivity contribution in [2.24, 2.45) is 5.92 Å². The van der Waals surface area contributed by atoms with Gasteiger partial charge < -0.3 is 14.4 Å². The zero-order valence-corrected chi connectivity index (χ0v) is 18.2. The highest BCUT2D eigenvalue weighted by molar-refractivity contribution is 6.62. The molecule has 0 aromatic heterocycles. The minimum absolute atomic E-state index is 0.0196. The Labute approximate surface area is 166 Å².